The molecule has 2 saturated heterocycles. The third-order valence-electron chi connectivity index (χ3n) is 5.53. The second-order valence-corrected chi connectivity index (χ2v) is 7.41. The summed E-state index contributed by atoms with van der Waals surface area (Å²) in [5, 5.41) is 25.7. The average molecular weight is 409 g/mol. The number of urea groups is 1. The van der Waals surface area contributed by atoms with Crippen LogP contribution in [0.4, 0.5) is 10.5 Å². The van der Waals surface area contributed by atoms with Gasteiger partial charge in [-0.2, -0.15) is 0 Å². The van der Waals surface area contributed by atoms with E-state index in [1.807, 2.05) is 0 Å². The number of ether oxygens (including phenoxy) is 3. The molecule has 0 aliphatic carbocycles. The number of methoxy groups -OCH3 is 2. The van der Waals surface area contributed by atoms with E-state index in [4.69, 9.17) is 14.2 Å². The van der Waals surface area contributed by atoms with Gasteiger partial charge in [-0.15, -0.1) is 0 Å². The molecule has 29 heavy (non-hydrogen) atoms. The number of aliphatic hydroxyl groups excluding tert-OH is 2. The summed E-state index contributed by atoms with van der Waals surface area (Å²) in [6, 6.07) is 4.45. The molecule has 0 unspecified atom stereocenters. The number of benzene rings is 1. The molecule has 9 nitrogen and oxygen atoms in total. The number of nitrogens with one attached hydrogen (secondary N) is 2. The van der Waals surface area contributed by atoms with Gasteiger partial charge in [-0.3, -0.25) is 4.90 Å². The minimum absolute atomic E-state index is 0.224. The van der Waals surface area contributed by atoms with Crippen LogP contribution in [0.1, 0.15) is 19.3 Å². The van der Waals surface area contributed by atoms with Crippen LogP contribution in [0.25, 0.3) is 0 Å². The lowest BCUT2D eigenvalue weighted by molar-refractivity contribution is -0.0205. The Kier molecular flexibility index (Phi) is 7.54. The molecule has 2 heterocycles. The predicted molar refractivity (Wildman–Crippen MR) is 108 cm³/mol. The first-order valence-electron chi connectivity index (χ1n) is 10.0. The van der Waals surface area contributed by atoms with E-state index in [2.05, 4.69) is 15.5 Å². The molecule has 0 saturated carbocycles. The smallest absolute Gasteiger partial charge is 0.319 e. The lowest BCUT2D eigenvalue weighted by Crippen LogP contribution is -2.52. The van der Waals surface area contributed by atoms with E-state index in [-0.39, 0.29) is 19.2 Å². The summed E-state index contributed by atoms with van der Waals surface area (Å²) in [7, 11) is 3.08. The number of hydrogen-bond acceptors (Lipinski definition) is 7. The molecule has 0 bridgehead atoms. The standard InChI is InChI=1S/C20H31N3O6/c1-27-14-8-13(9-15(10-14)28-2)22-20(26)21-11-16-18(19(25)17(12-24)29-16)23-6-4-3-5-7-23/h8-10,16-19,24-25H,3-7,11-12H2,1-2H3,(H2,21,22,26)/t16-,17+,18+,19-/m1/s1. The van der Waals surface area contributed by atoms with Gasteiger partial charge in [0.15, 0.2) is 0 Å². The number of carbonyl (C=O) groups is 1. The van der Waals surface area contributed by atoms with Crippen molar-refractivity contribution in [2.75, 3.05) is 45.8 Å². The molecule has 2 fully saturated rings. The Morgan fingerprint density at radius 3 is 2.38 bits per heavy atom. The van der Waals surface area contributed by atoms with Gasteiger partial charge in [0.05, 0.1) is 33.0 Å². The van der Waals surface area contributed by atoms with Crippen LogP contribution in [0.5, 0.6) is 11.5 Å². The highest BCUT2D eigenvalue weighted by molar-refractivity contribution is 5.89. The van der Waals surface area contributed by atoms with Crippen LogP contribution >= 0.6 is 0 Å². The summed E-state index contributed by atoms with van der Waals surface area (Å²) in [6.45, 7) is 1.74. The molecule has 0 radical (unpaired) electrons. The third-order valence-corrected chi connectivity index (χ3v) is 5.53. The van der Waals surface area contributed by atoms with Crippen LogP contribution in [0, 0.1) is 0 Å². The first-order chi connectivity index (χ1) is 14.0. The number of nitrogens with zero attached hydrogens (tertiary/aromatic N) is 1. The van der Waals surface area contributed by atoms with Gasteiger partial charge in [-0.05, 0) is 25.9 Å². The van der Waals surface area contributed by atoms with E-state index in [9.17, 15) is 15.0 Å². The van der Waals surface area contributed by atoms with Gasteiger partial charge in [-0.1, -0.05) is 6.42 Å². The fourth-order valence-corrected chi connectivity index (χ4v) is 4.06. The molecule has 2 aliphatic rings. The highest BCUT2D eigenvalue weighted by atomic mass is 16.5. The fraction of sp³-hybridized carbons (Fsp3) is 0.650. The van der Waals surface area contributed by atoms with Crippen LogP contribution in [-0.2, 0) is 4.74 Å². The van der Waals surface area contributed by atoms with E-state index in [0.717, 1.165) is 25.9 Å². The molecule has 2 amide bonds. The maximum Gasteiger partial charge on any atom is 0.319 e. The van der Waals surface area contributed by atoms with Crippen molar-refractivity contribution in [3.8, 4) is 11.5 Å². The molecular formula is C20H31N3O6. The number of rotatable bonds is 7. The summed E-state index contributed by atoms with van der Waals surface area (Å²) in [5.41, 5.74) is 0.534. The van der Waals surface area contributed by atoms with Crippen molar-refractivity contribution in [3.05, 3.63) is 18.2 Å². The van der Waals surface area contributed by atoms with Gasteiger partial charge in [-0.25, -0.2) is 4.79 Å². The number of piperidine rings is 1. The largest absolute Gasteiger partial charge is 0.497 e. The summed E-state index contributed by atoms with van der Waals surface area (Å²) in [4.78, 5) is 14.6. The zero-order chi connectivity index (χ0) is 20.8. The monoisotopic (exact) mass is 409 g/mol. The summed E-state index contributed by atoms with van der Waals surface area (Å²) in [6.07, 6.45) is 1.51. The first-order valence-corrected chi connectivity index (χ1v) is 10.0. The van der Waals surface area contributed by atoms with Gasteiger partial charge in [0, 0.05) is 30.4 Å². The zero-order valence-corrected chi connectivity index (χ0v) is 17.0. The Morgan fingerprint density at radius 1 is 1.14 bits per heavy atom. The van der Waals surface area contributed by atoms with Crippen molar-refractivity contribution in [3.63, 3.8) is 0 Å². The minimum Gasteiger partial charge on any atom is -0.497 e. The Balaban J connectivity index is 1.60. The molecular weight excluding hydrogens is 378 g/mol. The highest BCUT2D eigenvalue weighted by Crippen LogP contribution is 2.28. The predicted octanol–water partition coefficient (Wildman–Crippen LogP) is 0.800. The first kappa shape index (κ1) is 21.6. The summed E-state index contributed by atoms with van der Waals surface area (Å²) >= 11 is 0. The molecule has 1 aromatic carbocycles. The van der Waals surface area contributed by atoms with Gasteiger partial charge < -0.3 is 35.1 Å². The van der Waals surface area contributed by atoms with E-state index in [1.165, 1.54) is 6.42 Å². The molecule has 9 heteroatoms. The van der Waals surface area contributed by atoms with Gasteiger partial charge >= 0.3 is 6.03 Å². The second-order valence-electron chi connectivity index (χ2n) is 7.41. The molecule has 1 aromatic rings. The number of aliphatic hydroxyl groups is 2. The molecule has 4 N–H and O–H groups in total. The van der Waals surface area contributed by atoms with Crippen LogP contribution in [0.2, 0.25) is 0 Å². The Hall–Kier alpha value is -2.07. The van der Waals surface area contributed by atoms with E-state index in [1.54, 1.807) is 32.4 Å². The van der Waals surface area contributed by atoms with Crippen molar-refractivity contribution in [2.45, 2.75) is 43.6 Å². The van der Waals surface area contributed by atoms with E-state index < -0.39 is 24.3 Å². The van der Waals surface area contributed by atoms with Crippen LogP contribution in [0.15, 0.2) is 18.2 Å². The van der Waals surface area contributed by atoms with Gasteiger partial charge in [0.2, 0.25) is 0 Å². The van der Waals surface area contributed by atoms with Gasteiger partial charge in [0.1, 0.15) is 23.7 Å². The SMILES string of the molecule is COc1cc(NC(=O)NC[C@H]2O[C@@H](CO)[C@@H](O)[C@H]2N2CCCCC2)cc(OC)c1. The number of amides is 2. The molecule has 4 atom stereocenters. The minimum atomic E-state index is -0.782. The Labute approximate surface area is 170 Å². The fourth-order valence-electron chi connectivity index (χ4n) is 4.06. The third kappa shape index (κ3) is 5.30. The Bertz CT molecular complexity index is 660. The molecule has 162 valence electrons. The van der Waals surface area contributed by atoms with Crippen LogP contribution < -0.4 is 20.1 Å². The summed E-state index contributed by atoms with van der Waals surface area (Å²) < 4.78 is 16.3. The lowest BCUT2D eigenvalue weighted by atomic mass is 9.99. The number of carbonyl (C=O) groups excluding carboxylic acids is 1. The second kappa shape index (κ2) is 10.1. The molecule has 0 aromatic heterocycles. The van der Waals surface area contributed by atoms with Crippen molar-refractivity contribution >= 4 is 11.7 Å². The molecule has 0 spiro atoms. The van der Waals surface area contributed by atoms with Gasteiger partial charge in [0.25, 0.3) is 0 Å². The summed E-state index contributed by atoms with van der Waals surface area (Å²) in [5.74, 6) is 1.13. The Morgan fingerprint density at radius 2 is 1.79 bits per heavy atom. The van der Waals surface area contributed by atoms with Crippen molar-refractivity contribution in [1.82, 2.24) is 10.2 Å². The van der Waals surface area contributed by atoms with Crippen molar-refractivity contribution in [1.29, 1.82) is 0 Å². The highest BCUT2D eigenvalue weighted by Gasteiger charge is 2.46. The van der Waals surface area contributed by atoms with Crippen molar-refractivity contribution < 1.29 is 29.2 Å². The zero-order valence-electron chi connectivity index (χ0n) is 17.0. The average Bonchev–Trinajstić information content (AvgIpc) is 3.07. The van der Waals surface area contributed by atoms with Crippen molar-refractivity contribution in [2.24, 2.45) is 0 Å². The van der Waals surface area contributed by atoms with E-state index >= 15 is 0 Å². The maximum absolute atomic E-state index is 12.4. The maximum atomic E-state index is 12.4. The molecule has 3 rings (SSSR count). The number of hydrogen-bond donors (Lipinski definition) is 4. The number of likely N-dealkylation sites (tertiary alicyclic amines) is 1. The quantitative estimate of drug-likeness (QED) is 0.527. The lowest BCUT2D eigenvalue weighted by Gasteiger charge is -2.36. The number of anilines is 1. The normalized spacial score (nSPS) is 27.4. The van der Waals surface area contributed by atoms with Crippen LogP contribution in [-0.4, -0.2) is 86.0 Å². The van der Waals surface area contributed by atoms with Crippen LogP contribution in [0.3, 0.4) is 0 Å². The van der Waals surface area contributed by atoms with E-state index in [0.29, 0.717) is 17.2 Å². The molecule has 2 aliphatic heterocycles. The topological polar surface area (TPSA) is 113 Å².